The molecule has 0 aliphatic heterocycles. The van der Waals surface area contributed by atoms with Crippen LogP contribution in [0.15, 0.2) is 91.1 Å². The molecule has 0 aliphatic rings. The molecule has 120 valence electrons. The molecule has 0 spiro atoms. The summed E-state index contributed by atoms with van der Waals surface area (Å²) >= 11 is 0. The lowest BCUT2D eigenvalue weighted by Gasteiger charge is -2.07. The minimum atomic E-state index is 1.23. The average Bonchev–Trinajstić information content (AvgIpc) is 3.20. The summed E-state index contributed by atoms with van der Waals surface area (Å²) in [6.45, 7) is 0. The molecule has 0 saturated carbocycles. The number of aryl methyl sites for hydroxylation is 1. The summed E-state index contributed by atoms with van der Waals surface area (Å²) in [7, 11) is 2.15. The van der Waals surface area contributed by atoms with Crippen molar-refractivity contribution in [3.8, 4) is 22.3 Å². The molecule has 2 nitrogen and oxygen atoms in total. The van der Waals surface area contributed by atoms with E-state index >= 15 is 0 Å². The van der Waals surface area contributed by atoms with E-state index in [9.17, 15) is 0 Å². The van der Waals surface area contributed by atoms with Crippen molar-refractivity contribution in [1.82, 2.24) is 8.97 Å². The summed E-state index contributed by atoms with van der Waals surface area (Å²) in [5, 5.41) is 0. The van der Waals surface area contributed by atoms with Crippen LogP contribution in [0, 0.1) is 0 Å². The quantitative estimate of drug-likeness (QED) is 0.390. The Hall–Kier alpha value is -3.26. The highest BCUT2D eigenvalue weighted by atomic mass is 15.1. The highest BCUT2D eigenvalue weighted by molar-refractivity contribution is 5.98. The molecule has 0 atom stereocenters. The maximum atomic E-state index is 2.32. The maximum absolute atomic E-state index is 2.32. The summed E-state index contributed by atoms with van der Waals surface area (Å²) < 4.78 is 4.62. The van der Waals surface area contributed by atoms with E-state index in [4.69, 9.17) is 0 Å². The average molecular weight is 322 g/mol. The van der Waals surface area contributed by atoms with Gasteiger partial charge < -0.3 is 4.57 Å². The number of imidazole rings is 1. The van der Waals surface area contributed by atoms with E-state index in [1.54, 1.807) is 0 Å². The molecule has 0 N–H and O–H groups in total. The lowest BCUT2D eigenvalue weighted by molar-refractivity contribution is 0.994. The van der Waals surface area contributed by atoms with Gasteiger partial charge in [-0.2, -0.15) is 0 Å². The molecular weight excluding hydrogens is 304 g/mol. The van der Waals surface area contributed by atoms with Crippen molar-refractivity contribution in [2.24, 2.45) is 7.05 Å². The van der Waals surface area contributed by atoms with Crippen LogP contribution in [0.2, 0.25) is 0 Å². The second-order valence-electron chi connectivity index (χ2n) is 6.39. The minimum Gasteiger partial charge on any atom is -0.328 e. The Morgan fingerprint density at radius 1 is 0.600 bits per heavy atom. The Bertz CT molecular complexity index is 1180. The van der Waals surface area contributed by atoms with Crippen LogP contribution in [0.1, 0.15) is 0 Å². The van der Waals surface area contributed by atoms with Crippen LogP contribution in [0.3, 0.4) is 0 Å². The van der Waals surface area contributed by atoms with Crippen LogP contribution in [-0.2, 0) is 7.05 Å². The highest BCUT2D eigenvalue weighted by Gasteiger charge is 2.19. The van der Waals surface area contributed by atoms with Crippen LogP contribution in [0.5, 0.6) is 0 Å². The lowest BCUT2D eigenvalue weighted by atomic mass is 9.99. The Morgan fingerprint density at radius 3 is 1.84 bits per heavy atom. The van der Waals surface area contributed by atoms with Crippen LogP contribution in [-0.4, -0.2) is 8.97 Å². The zero-order chi connectivity index (χ0) is 16.8. The summed E-state index contributed by atoms with van der Waals surface area (Å²) in [5.74, 6) is 0. The van der Waals surface area contributed by atoms with Crippen molar-refractivity contribution in [2.75, 3.05) is 0 Å². The van der Waals surface area contributed by atoms with E-state index in [0.29, 0.717) is 0 Å². The van der Waals surface area contributed by atoms with Gasteiger partial charge in [-0.3, -0.25) is 4.40 Å². The largest absolute Gasteiger partial charge is 0.328 e. The van der Waals surface area contributed by atoms with Gasteiger partial charge >= 0.3 is 0 Å². The summed E-state index contributed by atoms with van der Waals surface area (Å²) in [6.07, 6.45) is 2.27. The van der Waals surface area contributed by atoms with Gasteiger partial charge in [0.25, 0.3) is 0 Å². The number of aromatic nitrogens is 2. The Balaban J connectivity index is 1.96. The zero-order valence-electron chi connectivity index (χ0n) is 14.1. The zero-order valence-corrected chi connectivity index (χ0v) is 14.1. The molecule has 3 aromatic carbocycles. The SMILES string of the molecule is Cn1c2ccccc2n2cc(-c3ccccc3)c(-c3ccccc3)c12. The van der Waals surface area contributed by atoms with Gasteiger partial charge in [-0.05, 0) is 23.3 Å². The Morgan fingerprint density at radius 2 is 1.16 bits per heavy atom. The van der Waals surface area contributed by atoms with E-state index in [0.717, 1.165) is 0 Å². The fourth-order valence-electron chi connectivity index (χ4n) is 3.80. The first-order chi connectivity index (χ1) is 12.3. The topological polar surface area (TPSA) is 9.34 Å². The fraction of sp³-hybridized carbons (Fsp3) is 0.0435. The third kappa shape index (κ3) is 2.04. The van der Waals surface area contributed by atoms with Crippen molar-refractivity contribution in [2.45, 2.75) is 0 Å². The number of nitrogens with zero attached hydrogens (tertiary/aromatic N) is 2. The van der Waals surface area contributed by atoms with E-state index in [-0.39, 0.29) is 0 Å². The monoisotopic (exact) mass is 322 g/mol. The third-order valence-electron chi connectivity index (χ3n) is 4.95. The highest BCUT2D eigenvalue weighted by Crippen LogP contribution is 2.39. The number of hydrogen-bond acceptors (Lipinski definition) is 0. The normalized spacial score (nSPS) is 11.4. The van der Waals surface area contributed by atoms with E-state index in [2.05, 4.69) is 107 Å². The van der Waals surface area contributed by atoms with Crippen molar-refractivity contribution in [3.05, 3.63) is 91.1 Å². The predicted molar refractivity (Wildman–Crippen MR) is 105 cm³/mol. The molecule has 0 aliphatic carbocycles. The van der Waals surface area contributed by atoms with Crippen LogP contribution in [0.4, 0.5) is 0 Å². The second-order valence-corrected chi connectivity index (χ2v) is 6.39. The van der Waals surface area contributed by atoms with Crippen molar-refractivity contribution in [1.29, 1.82) is 0 Å². The molecule has 5 rings (SSSR count). The van der Waals surface area contributed by atoms with Gasteiger partial charge in [0.05, 0.1) is 11.0 Å². The van der Waals surface area contributed by atoms with Gasteiger partial charge in [-0.15, -0.1) is 0 Å². The maximum Gasteiger partial charge on any atom is 0.126 e. The summed E-state index contributed by atoms with van der Waals surface area (Å²) in [6, 6.07) is 29.9. The lowest BCUT2D eigenvalue weighted by Crippen LogP contribution is -1.90. The van der Waals surface area contributed by atoms with Crippen molar-refractivity contribution in [3.63, 3.8) is 0 Å². The van der Waals surface area contributed by atoms with Gasteiger partial charge in [-0.1, -0.05) is 72.8 Å². The molecule has 25 heavy (non-hydrogen) atoms. The molecule has 5 aromatic rings. The number of benzene rings is 3. The van der Waals surface area contributed by atoms with E-state index in [1.807, 2.05) is 0 Å². The molecule has 0 saturated heterocycles. The molecule has 0 radical (unpaired) electrons. The predicted octanol–water partition coefficient (Wildman–Crippen LogP) is 5.77. The molecule has 2 heteroatoms. The summed E-state index contributed by atoms with van der Waals surface area (Å²) in [4.78, 5) is 0. The van der Waals surface area contributed by atoms with Crippen molar-refractivity contribution < 1.29 is 0 Å². The fourth-order valence-corrected chi connectivity index (χ4v) is 3.80. The van der Waals surface area contributed by atoms with Crippen LogP contribution in [0.25, 0.3) is 38.9 Å². The second kappa shape index (κ2) is 5.38. The molecule has 0 amide bonds. The Kier molecular flexibility index (Phi) is 3.04. The number of rotatable bonds is 2. The van der Waals surface area contributed by atoms with E-state index < -0.39 is 0 Å². The first kappa shape index (κ1) is 14.1. The summed E-state index contributed by atoms with van der Waals surface area (Å²) in [5.41, 5.74) is 8.75. The molecule has 2 heterocycles. The molecular formula is C23H18N2. The van der Waals surface area contributed by atoms with Gasteiger partial charge in [-0.25, -0.2) is 0 Å². The Labute approximate surface area is 146 Å². The molecule has 0 bridgehead atoms. The first-order valence-electron chi connectivity index (χ1n) is 8.54. The van der Waals surface area contributed by atoms with E-state index in [1.165, 1.54) is 38.9 Å². The number of para-hydroxylation sites is 2. The molecule has 0 fully saturated rings. The number of hydrogen-bond donors (Lipinski definition) is 0. The third-order valence-corrected chi connectivity index (χ3v) is 4.95. The van der Waals surface area contributed by atoms with Gasteiger partial charge in [0, 0.05) is 24.4 Å². The van der Waals surface area contributed by atoms with Gasteiger partial charge in [0.15, 0.2) is 0 Å². The molecule has 0 unspecified atom stereocenters. The standard InChI is InChI=1S/C23H18N2/c1-24-20-14-8-9-15-21(20)25-16-19(17-10-4-2-5-11-17)22(23(24)25)18-12-6-3-7-13-18/h2-16H,1H3. The van der Waals surface area contributed by atoms with Crippen molar-refractivity contribution >= 4 is 16.7 Å². The van der Waals surface area contributed by atoms with Crippen LogP contribution >= 0.6 is 0 Å². The number of fused-ring (bicyclic) bond motifs is 3. The first-order valence-corrected chi connectivity index (χ1v) is 8.54. The smallest absolute Gasteiger partial charge is 0.126 e. The van der Waals surface area contributed by atoms with Gasteiger partial charge in [0.2, 0.25) is 0 Å². The minimum absolute atomic E-state index is 1.23. The van der Waals surface area contributed by atoms with Gasteiger partial charge in [0.1, 0.15) is 5.65 Å². The van der Waals surface area contributed by atoms with Crippen LogP contribution < -0.4 is 0 Å². The molecule has 2 aromatic heterocycles.